The number of nitrogens with zero attached hydrogens (tertiary/aromatic N) is 5. The van der Waals surface area contributed by atoms with E-state index < -0.39 is 5.82 Å². The average molecular weight is 525 g/mol. The molecule has 5 rings (SSSR count). The Morgan fingerprint density at radius 1 is 1.18 bits per heavy atom. The monoisotopic (exact) mass is 524 g/mol. The molecule has 0 radical (unpaired) electrons. The van der Waals surface area contributed by atoms with Gasteiger partial charge in [-0.3, -0.25) is 4.79 Å². The van der Waals surface area contributed by atoms with Crippen molar-refractivity contribution in [3.05, 3.63) is 42.1 Å². The summed E-state index contributed by atoms with van der Waals surface area (Å²) in [6, 6.07) is 4.03. The molecule has 3 aliphatic heterocycles. The number of halogens is 1. The Labute approximate surface area is 225 Å². The summed E-state index contributed by atoms with van der Waals surface area (Å²) in [6.07, 6.45) is 6.84. The molecule has 8 nitrogen and oxygen atoms in total. The zero-order chi connectivity index (χ0) is 26.9. The average Bonchev–Trinajstić information content (AvgIpc) is 3.37. The minimum Gasteiger partial charge on any atom is -0.451 e. The molecule has 3 fully saturated rings. The highest BCUT2D eigenvalue weighted by Crippen LogP contribution is 2.45. The second-order valence-electron chi connectivity index (χ2n) is 11.9. The molecule has 2 aromatic rings. The molecule has 0 unspecified atom stereocenters. The first kappa shape index (κ1) is 26.8. The van der Waals surface area contributed by atoms with E-state index in [4.69, 9.17) is 4.74 Å². The maximum absolute atomic E-state index is 14.3. The zero-order valence-electron chi connectivity index (χ0n) is 23.1. The third-order valence-corrected chi connectivity index (χ3v) is 8.35. The van der Waals surface area contributed by atoms with Gasteiger partial charge in [0.1, 0.15) is 17.9 Å². The highest BCUT2D eigenvalue weighted by molar-refractivity contribution is 5.97. The molecular weight excluding hydrogens is 483 g/mol. The maximum atomic E-state index is 14.3. The van der Waals surface area contributed by atoms with E-state index in [-0.39, 0.29) is 23.6 Å². The zero-order valence-corrected chi connectivity index (χ0v) is 23.1. The van der Waals surface area contributed by atoms with Gasteiger partial charge < -0.3 is 24.8 Å². The second kappa shape index (κ2) is 11.1. The molecule has 3 saturated heterocycles. The molecule has 0 saturated carbocycles. The number of likely N-dealkylation sites (tertiary alicyclic amines) is 1. The molecule has 1 atom stereocenters. The van der Waals surface area contributed by atoms with Gasteiger partial charge in [-0.15, -0.1) is 0 Å². The largest absolute Gasteiger partial charge is 0.451 e. The summed E-state index contributed by atoms with van der Waals surface area (Å²) in [5, 5.41) is 3.48. The molecule has 206 valence electrons. The van der Waals surface area contributed by atoms with Gasteiger partial charge in [0.05, 0.1) is 11.8 Å². The molecule has 0 bridgehead atoms. The van der Waals surface area contributed by atoms with Crippen molar-refractivity contribution in [2.75, 3.05) is 50.7 Å². The van der Waals surface area contributed by atoms with E-state index in [2.05, 4.69) is 25.1 Å². The molecule has 1 aromatic carbocycles. The van der Waals surface area contributed by atoms with E-state index >= 15 is 0 Å². The predicted molar refractivity (Wildman–Crippen MR) is 146 cm³/mol. The summed E-state index contributed by atoms with van der Waals surface area (Å²) in [7, 11) is 0. The fourth-order valence-corrected chi connectivity index (χ4v) is 6.38. The third kappa shape index (κ3) is 5.64. The first-order chi connectivity index (χ1) is 18.2. The van der Waals surface area contributed by atoms with E-state index in [0.717, 1.165) is 51.0 Å². The van der Waals surface area contributed by atoms with Gasteiger partial charge in [-0.1, -0.05) is 0 Å². The standard InChI is InChI=1S/C29H41FN6O2/c1-20(2)36(21(3)4)28(37)24-13-23(30)5-6-25(24)38-26-15-32-19-33-27(26)35-17-29(18-35)8-11-34(12-9-29)16-22-7-10-31-14-22/h5-6,13,15,19-22,31H,7-12,14,16-18H2,1-4H3/t22-/m0/s1. The SMILES string of the molecule is CC(C)N(C(=O)c1cc(F)ccc1Oc1cncnc1N1CC2(CCN(C[C@H]3CCNC3)CC2)C1)C(C)C. The van der Waals surface area contributed by atoms with Crippen LogP contribution in [0.5, 0.6) is 11.5 Å². The highest BCUT2D eigenvalue weighted by Gasteiger charge is 2.46. The number of amides is 1. The Morgan fingerprint density at radius 3 is 2.58 bits per heavy atom. The Morgan fingerprint density at radius 2 is 1.92 bits per heavy atom. The highest BCUT2D eigenvalue weighted by atomic mass is 19.1. The van der Waals surface area contributed by atoms with Gasteiger partial charge in [0.15, 0.2) is 11.6 Å². The number of aromatic nitrogens is 2. The summed E-state index contributed by atoms with van der Waals surface area (Å²) in [4.78, 5) is 28.8. The molecule has 1 amide bonds. The van der Waals surface area contributed by atoms with Crippen molar-refractivity contribution in [1.82, 2.24) is 25.1 Å². The molecule has 1 aromatic heterocycles. The smallest absolute Gasteiger partial charge is 0.258 e. The third-order valence-electron chi connectivity index (χ3n) is 8.35. The van der Waals surface area contributed by atoms with E-state index in [1.807, 2.05) is 27.7 Å². The maximum Gasteiger partial charge on any atom is 0.258 e. The fourth-order valence-electron chi connectivity index (χ4n) is 6.38. The van der Waals surface area contributed by atoms with Crippen molar-refractivity contribution in [2.45, 2.75) is 59.0 Å². The van der Waals surface area contributed by atoms with Crippen LogP contribution in [0.1, 0.15) is 57.3 Å². The Kier molecular flexibility index (Phi) is 7.86. The Balaban J connectivity index is 1.27. The van der Waals surface area contributed by atoms with Crippen molar-refractivity contribution >= 4 is 11.7 Å². The summed E-state index contributed by atoms with van der Waals surface area (Å²) < 4.78 is 20.5. The molecule has 1 spiro atoms. The predicted octanol–water partition coefficient (Wildman–Crippen LogP) is 4.18. The molecule has 4 heterocycles. The number of benzene rings is 1. The summed E-state index contributed by atoms with van der Waals surface area (Å²) in [5.41, 5.74) is 0.519. The normalized spacial score (nSPS) is 21.2. The molecule has 0 aliphatic carbocycles. The van der Waals surface area contributed by atoms with Crippen LogP contribution in [0, 0.1) is 17.2 Å². The number of carbonyl (C=O) groups is 1. The van der Waals surface area contributed by atoms with Gasteiger partial charge in [0, 0.05) is 37.1 Å². The van der Waals surface area contributed by atoms with Crippen molar-refractivity contribution < 1.29 is 13.9 Å². The number of ether oxygens (including phenoxy) is 1. The van der Waals surface area contributed by atoms with E-state index in [1.165, 1.54) is 50.3 Å². The molecular formula is C29H41FN6O2. The number of hydrogen-bond donors (Lipinski definition) is 1. The van der Waals surface area contributed by atoms with Crippen LogP contribution in [-0.4, -0.2) is 83.6 Å². The number of carbonyl (C=O) groups excluding carboxylic acids is 1. The molecule has 9 heteroatoms. The van der Waals surface area contributed by atoms with Crippen LogP contribution >= 0.6 is 0 Å². The topological polar surface area (TPSA) is 73.8 Å². The molecule has 3 aliphatic rings. The lowest BCUT2D eigenvalue weighted by Crippen LogP contribution is -2.61. The fraction of sp³-hybridized carbons (Fsp3) is 0.621. The lowest BCUT2D eigenvalue weighted by atomic mass is 9.72. The lowest BCUT2D eigenvalue weighted by Gasteiger charge is -2.54. The van der Waals surface area contributed by atoms with Crippen LogP contribution in [0.25, 0.3) is 0 Å². The van der Waals surface area contributed by atoms with Gasteiger partial charge in [0.2, 0.25) is 0 Å². The Bertz CT molecular complexity index is 1110. The van der Waals surface area contributed by atoms with E-state index in [9.17, 15) is 9.18 Å². The number of nitrogens with one attached hydrogen (secondary N) is 1. The van der Waals surface area contributed by atoms with Crippen molar-refractivity contribution in [3.63, 3.8) is 0 Å². The molecule has 38 heavy (non-hydrogen) atoms. The van der Waals surface area contributed by atoms with Crippen molar-refractivity contribution in [2.24, 2.45) is 11.3 Å². The van der Waals surface area contributed by atoms with Crippen LogP contribution in [0.15, 0.2) is 30.7 Å². The number of piperidine rings is 1. The van der Waals surface area contributed by atoms with Crippen molar-refractivity contribution in [1.29, 1.82) is 0 Å². The minimum atomic E-state index is -0.474. The van der Waals surface area contributed by atoms with Gasteiger partial charge in [-0.2, -0.15) is 0 Å². The Hall–Kier alpha value is -2.78. The first-order valence-electron chi connectivity index (χ1n) is 14.0. The number of anilines is 1. The van der Waals surface area contributed by atoms with Crippen LogP contribution in [0.2, 0.25) is 0 Å². The van der Waals surface area contributed by atoms with Crippen molar-refractivity contribution in [3.8, 4) is 11.5 Å². The van der Waals surface area contributed by atoms with Gasteiger partial charge in [0.25, 0.3) is 5.91 Å². The molecule has 1 N–H and O–H groups in total. The minimum absolute atomic E-state index is 0.0345. The van der Waals surface area contributed by atoms with E-state index in [1.54, 1.807) is 11.1 Å². The van der Waals surface area contributed by atoms with Crippen LogP contribution in [-0.2, 0) is 0 Å². The lowest BCUT2D eigenvalue weighted by molar-refractivity contribution is 0.0640. The summed E-state index contributed by atoms with van der Waals surface area (Å²) in [6.45, 7) is 15.5. The van der Waals surface area contributed by atoms with Crippen LogP contribution in [0.3, 0.4) is 0 Å². The van der Waals surface area contributed by atoms with Crippen LogP contribution in [0.4, 0.5) is 10.2 Å². The second-order valence-corrected chi connectivity index (χ2v) is 11.9. The quantitative estimate of drug-likeness (QED) is 0.555. The van der Waals surface area contributed by atoms with Crippen LogP contribution < -0.4 is 15.0 Å². The van der Waals surface area contributed by atoms with Gasteiger partial charge in [-0.05, 0) is 97.3 Å². The van der Waals surface area contributed by atoms with Gasteiger partial charge >= 0.3 is 0 Å². The number of hydrogen-bond acceptors (Lipinski definition) is 7. The summed E-state index contributed by atoms with van der Waals surface area (Å²) in [5.74, 6) is 1.57. The number of rotatable bonds is 8. The van der Waals surface area contributed by atoms with E-state index in [0.29, 0.717) is 16.9 Å². The van der Waals surface area contributed by atoms with Gasteiger partial charge in [-0.25, -0.2) is 14.4 Å². The first-order valence-corrected chi connectivity index (χ1v) is 14.0. The summed E-state index contributed by atoms with van der Waals surface area (Å²) >= 11 is 0.